The van der Waals surface area contributed by atoms with Crippen LogP contribution in [0.15, 0.2) is 12.1 Å². The van der Waals surface area contributed by atoms with Crippen LogP contribution in [0, 0.1) is 13.8 Å². The lowest BCUT2D eigenvalue weighted by Gasteiger charge is -2.24. The van der Waals surface area contributed by atoms with Crippen LogP contribution in [0.1, 0.15) is 36.1 Å². The largest absolute Gasteiger partial charge is 0.496 e. The number of hydrogen-bond donors (Lipinski definition) is 1. The van der Waals surface area contributed by atoms with Gasteiger partial charge in [0.1, 0.15) is 5.75 Å². The van der Waals surface area contributed by atoms with Crippen LogP contribution < -0.4 is 10.1 Å². The molecule has 0 aliphatic carbocycles. The highest BCUT2D eigenvalue weighted by molar-refractivity contribution is 5.45. The molecule has 0 amide bonds. The lowest BCUT2D eigenvalue weighted by Crippen LogP contribution is -2.23. The standard InChI is InChI=1S/C15H25NO2/c1-10-7-11(2)15(14(8-10)18-6)13(16-4)9-12(3)17-5/h7-8,12-13,16H,9H2,1-6H3. The van der Waals surface area contributed by atoms with Crippen LogP contribution in [-0.4, -0.2) is 27.4 Å². The minimum atomic E-state index is 0.216. The van der Waals surface area contributed by atoms with E-state index in [-0.39, 0.29) is 12.1 Å². The van der Waals surface area contributed by atoms with Crippen LogP contribution >= 0.6 is 0 Å². The van der Waals surface area contributed by atoms with Crippen molar-refractivity contribution in [3.05, 3.63) is 28.8 Å². The molecule has 2 atom stereocenters. The van der Waals surface area contributed by atoms with Gasteiger partial charge in [-0.05, 0) is 51.4 Å². The number of rotatable bonds is 6. The normalized spacial score (nSPS) is 14.3. The smallest absolute Gasteiger partial charge is 0.124 e. The molecule has 0 saturated carbocycles. The molecule has 0 aliphatic rings. The lowest BCUT2D eigenvalue weighted by atomic mass is 9.94. The van der Waals surface area contributed by atoms with E-state index in [9.17, 15) is 0 Å². The van der Waals surface area contributed by atoms with Gasteiger partial charge in [-0.3, -0.25) is 0 Å². The fourth-order valence-corrected chi connectivity index (χ4v) is 2.36. The van der Waals surface area contributed by atoms with Crippen molar-refractivity contribution in [1.29, 1.82) is 0 Å². The summed E-state index contributed by atoms with van der Waals surface area (Å²) in [5, 5.41) is 3.36. The predicted octanol–water partition coefficient (Wildman–Crippen LogP) is 3.00. The maximum atomic E-state index is 5.52. The minimum absolute atomic E-state index is 0.216. The summed E-state index contributed by atoms with van der Waals surface area (Å²) in [5.74, 6) is 0.954. The third-order valence-electron chi connectivity index (χ3n) is 3.38. The molecule has 0 spiro atoms. The van der Waals surface area contributed by atoms with Crippen LogP contribution in [0.25, 0.3) is 0 Å². The predicted molar refractivity (Wildman–Crippen MR) is 75.4 cm³/mol. The second-order valence-corrected chi connectivity index (χ2v) is 4.82. The lowest BCUT2D eigenvalue weighted by molar-refractivity contribution is 0.101. The number of ether oxygens (including phenoxy) is 2. The van der Waals surface area contributed by atoms with Gasteiger partial charge in [-0.2, -0.15) is 0 Å². The molecule has 1 rings (SSSR count). The van der Waals surface area contributed by atoms with Crippen molar-refractivity contribution in [3.63, 3.8) is 0 Å². The van der Waals surface area contributed by atoms with Gasteiger partial charge in [-0.25, -0.2) is 0 Å². The van der Waals surface area contributed by atoms with Crippen molar-refractivity contribution in [3.8, 4) is 5.75 Å². The quantitative estimate of drug-likeness (QED) is 0.843. The van der Waals surface area contributed by atoms with Gasteiger partial charge in [0.05, 0.1) is 13.2 Å². The Morgan fingerprint density at radius 2 is 1.89 bits per heavy atom. The van der Waals surface area contributed by atoms with Crippen molar-refractivity contribution < 1.29 is 9.47 Å². The highest BCUT2D eigenvalue weighted by Crippen LogP contribution is 2.32. The maximum Gasteiger partial charge on any atom is 0.124 e. The fraction of sp³-hybridized carbons (Fsp3) is 0.600. The Morgan fingerprint density at radius 3 is 2.39 bits per heavy atom. The Morgan fingerprint density at radius 1 is 1.22 bits per heavy atom. The molecule has 0 radical (unpaired) electrons. The van der Waals surface area contributed by atoms with Crippen molar-refractivity contribution in [2.24, 2.45) is 0 Å². The third-order valence-corrected chi connectivity index (χ3v) is 3.38. The monoisotopic (exact) mass is 251 g/mol. The van der Waals surface area contributed by atoms with Crippen LogP contribution in [0.5, 0.6) is 5.75 Å². The molecule has 18 heavy (non-hydrogen) atoms. The van der Waals surface area contributed by atoms with E-state index in [0.717, 1.165) is 12.2 Å². The minimum Gasteiger partial charge on any atom is -0.496 e. The molecular weight excluding hydrogens is 226 g/mol. The van der Waals surface area contributed by atoms with Gasteiger partial charge in [-0.15, -0.1) is 0 Å². The second-order valence-electron chi connectivity index (χ2n) is 4.82. The van der Waals surface area contributed by atoms with Crippen molar-refractivity contribution in [1.82, 2.24) is 5.32 Å². The molecule has 2 unspecified atom stereocenters. The van der Waals surface area contributed by atoms with Gasteiger partial charge in [0.2, 0.25) is 0 Å². The first-order valence-electron chi connectivity index (χ1n) is 6.38. The topological polar surface area (TPSA) is 30.5 Å². The number of hydrogen-bond acceptors (Lipinski definition) is 3. The molecular formula is C15H25NO2. The summed E-state index contributed by atoms with van der Waals surface area (Å²) in [5.41, 5.74) is 3.71. The molecule has 0 bridgehead atoms. The van der Waals surface area contributed by atoms with Crippen molar-refractivity contribution in [2.45, 2.75) is 39.3 Å². The zero-order chi connectivity index (χ0) is 13.7. The molecule has 0 saturated heterocycles. The highest BCUT2D eigenvalue weighted by Gasteiger charge is 2.19. The Hall–Kier alpha value is -1.06. The molecule has 1 N–H and O–H groups in total. The first kappa shape index (κ1) is 15.0. The first-order valence-corrected chi connectivity index (χ1v) is 6.38. The van der Waals surface area contributed by atoms with Gasteiger partial charge < -0.3 is 14.8 Å². The zero-order valence-electron chi connectivity index (χ0n) is 12.3. The van der Waals surface area contributed by atoms with E-state index in [1.165, 1.54) is 16.7 Å². The van der Waals surface area contributed by atoms with Crippen molar-refractivity contribution >= 4 is 0 Å². The molecule has 102 valence electrons. The van der Waals surface area contributed by atoms with E-state index in [1.54, 1.807) is 14.2 Å². The summed E-state index contributed by atoms with van der Waals surface area (Å²) in [6, 6.07) is 4.53. The van der Waals surface area contributed by atoms with Gasteiger partial charge in [0.25, 0.3) is 0 Å². The summed E-state index contributed by atoms with van der Waals surface area (Å²) in [4.78, 5) is 0. The van der Waals surface area contributed by atoms with Gasteiger partial charge >= 0.3 is 0 Å². The first-order chi connectivity index (χ1) is 8.53. The van der Waals surface area contributed by atoms with E-state index >= 15 is 0 Å². The summed E-state index contributed by atoms with van der Waals surface area (Å²) >= 11 is 0. The van der Waals surface area contributed by atoms with Gasteiger partial charge in [0, 0.05) is 18.7 Å². The molecule has 3 heteroatoms. The molecule has 1 aromatic rings. The number of benzene rings is 1. The molecule has 0 aliphatic heterocycles. The molecule has 0 heterocycles. The Labute approximate surface area is 110 Å². The number of methoxy groups -OCH3 is 2. The molecule has 3 nitrogen and oxygen atoms in total. The fourth-order valence-electron chi connectivity index (χ4n) is 2.36. The maximum absolute atomic E-state index is 5.52. The van der Waals surface area contributed by atoms with Crippen molar-refractivity contribution in [2.75, 3.05) is 21.3 Å². The number of nitrogens with one attached hydrogen (secondary N) is 1. The Bertz CT molecular complexity index is 390. The summed E-state index contributed by atoms with van der Waals surface area (Å²) < 4.78 is 10.9. The van der Waals surface area contributed by atoms with E-state index in [2.05, 4.69) is 38.2 Å². The van der Waals surface area contributed by atoms with E-state index in [4.69, 9.17) is 9.47 Å². The summed E-state index contributed by atoms with van der Waals surface area (Å²) in [6.45, 7) is 6.30. The average molecular weight is 251 g/mol. The third kappa shape index (κ3) is 3.47. The van der Waals surface area contributed by atoms with E-state index in [1.807, 2.05) is 7.05 Å². The zero-order valence-corrected chi connectivity index (χ0v) is 12.3. The van der Waals surface area contributed by atoms with Crippen LogP contribution in [0.2, 0.25) is 0 Å². The van der Waals surface area contributed by atoms with Crippen LogP contribution in [-0.2, 0) is 4.74 Å². The average Bonchev–Trinajstić information content (AvgIpc) is 2.35. The summed E-state index contributed by atoms with van der Waals surface area (Å²) in [6.07, 6.45) is 1.14. The molecule has 0 fully saturated rings. The summed E-state index contributed by atoms with van der Waals surface area (Å²) in [7, 11) is 5.45. The highest BCUT2D eigenvalue weighted by atomic mass is 16.5. The molecule has 0 aromatic heterocycles. The van der Waals surface area contributed by atoms with Gasteiger partial charge in [0.15, 0.2) is 0 Å². The Kier molecular flexibility index (Phi) is 5.63. The van der Waals surface area contributed by atoms with Crippen LogP contribution in [0.3, 0.4) is 0 Å². The molecule has 1 aromatic carbocycles. The van der Waals surface area contributed by atoms with E-state index < -0.39 is 0 Å². The Balaban J connectivity index is 3.11. The van der Waals surface area contributed by atoms with Gasteiger partial charge in [-0.1, -0.05) is 6.07 Å². The van der Waals surface area contributed by atoms with E-state index in [0.29, 0.717) is 0 Å². The number of aryl methyl sites for hydroxylation is 2. The SMILES string of the molecule is CNC(CC(C)OC)c1c(C)cc(C)cc1OC. The van der Waals surface area contributed by atoms with Crippen LogP contribution in [0.4, 0.5) is 0 Å². The second kappa shape index (κ2) is 6.76.